The summed E-state index contributed by atoms with van der Waals surface area (Å²) in [6.07, 6.45) is 0.0907. The molecule has 5 nitrogen and oxygen atoms in total. The van der Waals surface area contributed by atoms with Gasteiger partial charge in [-0.25, -0.2) is 4.98 Å². The van der Waals surface area contributed by atoms with E-state index in [0.717, 1.165) is 22.0 Å². The van der Waals surface area contributed by atoms with Gasteiger partial charge in [0.2, 0.25) is 5.91 Å². The van der Waals surface area contributed by atoms with Crippen LogP contribution in [0.2, 0.25) is 0 Å². The molecule has 0 bridgehead atoms. The fraction of sp³-hybridized carbons (Fsp3) is 0.125. The van der Waals surface area contributed by atoms with Crippen LogP contribution in [0.3, 0.4) is 0 Å². The van der Waals surface area contributed by atoms with Gasteiger partial charge in [0.1, 0.15) is 5.75 Å². The molecule has 0 aliphatic carbocycles. The number of amides is 1. The Bertz CT molecular complexity index is 1240. The molecule has 1 N–H and O–H groups in total. The number of nitrogens with one attached hydrogen (secondary N) is 1. The maximum absolute atomic E-state index is 12.6. The highest BCUT2D eigenvalue weighted by molar-refractivity contribution is 7.14. The van der Waals surface area contributed by atoms with E-state index >= 15 is 0 Å². The molecule has 4 aromatic rings. The molecule has 1 amide bonds. The number of carbonyl (C=O) groups is 2. The van der Waals surface area contributed by atoms with Crippen molar-refractivity contribution in [1.29, 1.82) is 0 Å². The van der Waals surface area contributed by atoms with Gasteiger partial charge in [0, 0.05) is 22.1 Å². The molecule has 1 heterocycles. The number of thiazole rings is 1. The van der Waals surface area contributed by atoms with Crippen LogP contribution in [0.25, 0.3) is 22.0 Å². The molecule has 4 rings (SSSR count). The fourth-order valence-electron chi connectivity index (χ4n) is 3.38. The van der Waals surface area contributed by atoms with Crippen LogP contribution >= 0.6 is 11.3 Å². The summed E-state index contributed by atoms with van der Waals surface area (Å²) in [5.41, 5.74) is 3.06. The molecule has 0 fully saturated rings. The van der Waals surface area contributed by atoms with Gasteiger partial charge in [-0.05, 0) is 35.9 Å². The van der Waals surface area contributed by atoms with Crippen molar-refractivity contribution in [1.82, 2.24) is 4.98 Å². The summed E-state index contributed by atoms with van der Waals surface area (Å²) in [4.78, 5) is 28.9. The van der Waals surface area contributed by atoms with E-state index in [-0.39, 0.29) is 18.1 Å². The van der Waals surface area contributed by atoms with E-state index in [1.165, 1.54) is 18.3 Å². The quantitative estimate of drug-likeness (QED) is 0.430. The molecule has 0 aliphatic heterocycles. The lowest BCUT2D eigenvalue weighted by Gasteiger charge is -2.09. The first-order chi connectivity index (χ1) is 14.5. The Labute approximate surface area is 178 Å². The maximum atomic E-state index is 12.6. The van der Waals surface area contributed by atoms with Gasteiger partial charge in [-0.2, -0.15) is 0 Å². The van der Waals surface area contributed by atoms with Gasteiger partial charge in [-0.15, -0.1) is 11.3 Å². The van der Waals surface area contributed by atoms with Gasteiger partial charge in [-0.1, -0.05) is 42.5 Å². The van der Waals surface area contributed by atoms with Crippen molar-refractivity contribution in [3.63, 3.8) is 0 Å². The SMILES string of the molecule is COc1ccc(C(C)=O)cc1CC(=O)Nc1nc(-c2cccc3ccccc23)cs1. The summed E-state index contributed by atoms with van der Waals surface area (Å²) in [6, 6.07) is 19.3. The predicted octanol–water partition coefficient (Wildman–Crippen LogP) is 5.36. The van der Waals surface area contributed by atoms with Crippen LogP contribution < -0.4 is 10.1 Å². The molecule has 150 valence electrons. The van der Waals surface area contributed by atoms with Crippen LogP contribution in [0.4, 0.5) is 5.13 Å². The molecule has 0 radical (unpaired) electrons. The minimum atomic E-state index is -0.215. The minimum Gasteiger partial charge on any atom is -0.496 e. The number of ketones is 1. The second-order valence-electron chi connectivity index (χ2n) is 6.87. The van der Waals surface area contributed by atoms with Gasteiger partial charge < -0.3 is 10.1 Å². The van der Waals surface area contributed by atoms with Crippen LogP contribution in [0.5, 0.6) is 5.75 Å². The van der Waals surface area contributed by atoms with Crippen molar-refractivity contribution in [3.05, 3.63) is 77.2 Å². The number of benzene rings is 3. The van der Waals surface area contributed by atoms with E-state index < -0.39 is 0 Å². The number of carbonyl (C=O) groups excluding carboxylic acids is 2. The molecule has 1 aromatic heterocycles. The number of rotatable bonds is 6. The molecule has 0 spiro atoms. The standard InChI is InChI=1S/C24H20N2O3S/c1-15(27)17-10-11-22(29-2)18(12-17)13-23(28)26-24-25-21(14-30-24)20-9-5-7-16-6-3-4-8-19(16)20/h3-12,14H,13H2,1-2H3,(H,25,26,28). The van der Waals surface area contributed by atoms with E-state index in [0.29, 0.717) is 22.0 Å². The Morgan fingerprint density at radius 1 is 1.07 bits per heavy atom. The molecular weight excluding hydrogens is 396 g/mol. The molecule has 0 saturated heterocycles. The number of methoxy groups -OCH3 is 1. The number of aromatic nitrogens is 1. The van der Waals surface area contributed by atoms with E-state index in [1.54, 1.807) is 25.3 Å². The molecule has 0 aliphatic rings. The summed E-state index contributed by atoms with van der Waals surface area (Å²) in [5.74, 6) is 0.303. The van der Waals surface area contributed by atoms with Gasteiger partial charge in [0.05, 0.1) is 19.2 Å². The van der Waals surface area contributed by atoms with Crippen LogP contribution in [-0.4, -0.2) is 23.8 Å². The zero-order chi connectivity index (χ0) is 21.1. The third-order valence-electron chi connectivity index (χ3n) is 4.85. The second-order valence-corrected chi connectivity index (χ2v) is 7.73. The number of hydrogen-bond acceptors (Lipinski definition) is 5. The summed E-state index contributed by atoms with van der Waals surface area (Å²) < 4.78 is 5.33. The lowest BCUT2D eigenvalue weighted by Crippen LogP contribution is -2.15. The predicted molar refractivity (Wildman–Crippen MR) is 120 cm³/mol. The number of ether oxygens (including phenoxy) is 1. The van der Waals surface area contributed by atoms with Crippen LogP contribution in [-0.2, 0) is 11.2 Å². The Kier molecular flexibility index (Phi) is 5.59. The zero-order valence-corrected chi connectivity index (χ0v) is 17.5. The Balaban J connectivity index is 1.54. The van der Waals surface area contributed by atoms with Crippen molar-refractivity contribution in [2.75, 3.05) is 12.4 Å². The average Bonchev–Trinajstić information content (AvgIpc) is 3.21. The third kappa shape index (κ3) is 4.09. The van der Waals surface area contributed by atoms with E-state index in [1.807, 2.05) is 29.6 Å². The van der Waals surface area contributed by atoms with Crippen LogP contribution in [0, 0.1) is 0 Å². The van der Waals surface area contributed by atoms with Crippen LogP contribution in [0.1, 0.15) is 22.8 Å². The second kappa shape index (κ2) is 8.47. The first-order valence-electron chi connectivity index (χ1n) is 9.46. The topological polar surface area (TPSA) is 68.3 Å². The summed E-state index contributed by atoms with van der Waals surface area (Å²) >= 11 is 1.38. The van der Waals surface area contributed by atoms with Gasteiger partial charge >= 0.3 is 0 Å². The van der Waals surface area contributed by atoms with Crippen molar-refractivity contribution < 1.29 is 14.3 Å². The molecule has 3 aromatic carbocycles. The first-order valence-corrected chi connectivity index (χ1v) is 10.3. The third-order valence-corrected chi connectivity index (χ3v) is 5.61. The van der Waals surface area contributed by atoms with Gasteiger partial charge in [-0.3, -0.25) is 9.59 Å². The lowest BCUT2D eigenvalue weighted by molar-refractivity contribution is -0.115. The molecule has 0 unspecified atom stereocenters. The highest BCUT2D eigenvalue weighted by atomic mass is 32.1. The van der Waals surface area contributed by atoms with E-state index in [9.17, 15) is 9.59 Å². The number of nitrogens with zero attached hydrogens (tertiary/aromatic N) is 1. The van der Waals surface area contributed by atoms with E-state index in [2.05, 4.69) is 28.5 Å². The fourth-order valence-corrected chi connectivity index (χ4v) is 4.10. The first kappa shape index (κ1) is 19.8. The zero-order valence-electron chi connectivity index (χ0n) is 16.6. The van der Waals surface area contributed by atoms with Crippen molar-refractivity contribution in [2.24, 2.45) is 0 Å². The minimum absolute atomic E-state index is 0.0565. The molecule has 6 heteroatoms. The highest BCUT2D eigenvalue weighted by Gasteiger charge is 2.14. The van der Waals surface area contributed by atoms with Gasteiger partial charge in [0.15, 0.2) is 10.9 Å². The number of fused-ring (bicyclic) bond motifs is 1. The number of anilines is 1. The summed E-state index contributed by atoms with van der Waals surface area (Å²) in [5, 5.41) is 7.59. The van der Waals surface area contributed by atoms with Gasteiger partial charge in [0.25, 0.3) is 0 Å². The number of hydrogen-bond donors (Lipinski definition) is 1. The monoisotopic (exact) mass is 416 g/mol. The Hall–Kier alpha value is -3.51. The smallest absolute Gasteiger partial charge is 0.230 e. The molecular formula is C24H20N2O3S. The lowest BCUT2D eigenvalue weighted by atomic mass is 10.0. The largest absolute Gasteiger partial charge is 0.496 e. The Morgan fingerprint density at radius 2 is 1.87 bits per heavy atom. The van der Waals surface area contributed by atoms with Crippen LogP contribution in [0.15, 0.2) is 66.0 Å². The maximum Gasteiger partial charge on any atom is 0.230 e. The Morgan fingerprint density at radius 3 is 2.67 bits per heavy atom. The highest BCUT2D eigenvalue weighted by Crippen LogP contribution is 2.31. The summed E-state index contributed by atoms with van der Waals surface area (Å²) in [6.45, 7) is 1.50. The summed E-state index contributed by atoms with van der Waals surface area (Å²) in [7, 11) is 1.54. The number of Topliss-reactive ketones (excluding diaryl/α,β-unsaturated/α-hetero) is 1. The molecule has 0 atom stereocenters. The van der Waals surface area contributed by atoms with Crippen molar-refractivity contribution in [2.45, 2.75) is 13.3 Å². The average molecular weight is 417 g/mol. The van der Waals surface area contributed by atoms with Crippen molar-refractivity contribution in [3.8, 4) is 17.0 Å². The van der Waals surface area contributed by atoms with E-state index in [4.69, 9.17) is 4.74 Å². The molecule has 0 saturated carbocycles. The van der Waals surface area contributed by atoms with Crippen molar-refractivity contribution >= 4 is 38.9 Å². The normalized spacial score (nSPS) is 10.7. The molecule has 30 heavy (non-hydrogen) atoms.